The molecule has 1 heterocycles. The Balaban J connectivity index is 1.88. The van der Waals surface area contributed by atoms with E-state index in [1.807, 2.05) is 13.8 Å². The van der Waals surface area contributed by atoms with Crippen LogP contribution in [0.4, 0.5) is 10.1 Å². The highest BCUT2D eigenvalue weighted by Gasteiger charge is 2.70. The molecule has 1 aliphatic carbocycles. The third kappa shape index (κ3) is 1.92. The number of fused-ring (bicyclic) bond motifs is 1. The summed E-state index contributed by atoms with van der Waals surface area (Å²) in [5.74, 6) is -0.403. The largest absolute Gasteiger partial charge is 0.377 e. The normalized spacial score (nSPS) is 32.8. The Labute approximate surface area is 130 Å². The van der Waals surface area contributed by atoms with Crippen molar-refractivity contribution in [3.63, 3.8) is 0 Å². The summed E-state index contributed by atoms with van der Waals surface area (Å²) in [5, 5.41) is 0. The lowest BCUT2D eigenvalue weighted by atomic mass is 9.46. The van der Waals surface area contributed by atoms with Gasteiger partial charge in [-0.1, -0.05) is 13.8 Å². The minimum atomic E-state index is -0.943. The molecule has 3 atom stereocenters. The molecule has 22 heavy (non-hydrogen) atoms. The van der Waals surface area contributed by atoms with Crippen molar-refractivity contribution in [2.75, 3.05) is 18.6 Å². The van der Waals surface area contributed by atoms with Gasteiger partial charge in [0.25, 0.3) is 0 Å². The van der Waals surface area contributed by atoms with Crippen molar-refractivity contribution in [1.82, 2.24) is 0 Å². The van der Waals surface area contributed by atoms with Crippen molar-refractivity contribution < 1.29 is 13.9 Å². The molecule has 120 valence electrons. The number of halogens is 1. The summed E-state index contributed by atoms with van der Waals surface area (Å²) < 4.78 is 18.9. The highest BCUT2D eigenvalue weighted by atomic mass is 19.1. The molecule has 1 amide bonds. The van der Waals surface area contributed by atoms with E-state index >= 15 is 0 Å². The van der Waals surface area contributed by atoms with E-state index in [4.69, 9.17) is 10.5 Å². The molecule has 3 unspecified atom stereocenters. The Hall–Kier alpha value is -1.46. The van der Waals surface area contributed by atoms with Crippen LogP contribution in [0, 0.1) is 17.2 Å². The third-order valence-corrected chi connectivity index (χ3v) is 5.56. The third-order valence-electron chi connectivity index (χ3n) is 5.56. The van der Waals surface area contributed by atoms with E-state index < -0.39 is 11.0 Å². The van der Waals surface area contributed by atoms with E-state index in [1.54, 1.807) is 19.2 Å². The summed E-state index contributed by atoms with van der Waals surface area (Å²) in [7, 11) is 1.69. The quantitative estimate of drug-likeness (QED) is 0.912. The number of hydrogen-bond acceptors (Lipinski definition) is 3. The number of carbonyl (C=O) groups excluding carboxylic acids is 1. The molecule has 1 aromatic carbocycles. The molecule has 3 rings (SSSR count). The lowest BCUT2D eigenvalue weighted by Gasteiger charge is -2.65. The molecular formula is C17H23FN2O2. The van der Waals surface area contributed by atoms with Crippen LogP contribution in [0.3, 0.4) is 0 Å². The van der Waals surface area contributed by atoms with Gasteiger partial charge in [-0.3, -0.25) is 4.79 Å². The average Bonchev–Trinajstić information content (AvgIpc) is 2.53. The summed E-state index contributed by atoms with van der Waals surface area (Å²) in [5.41, 5.74) is 5.89. The van der Waals surface area contributed by atoms with E-state index in [0.29, 0.717) is 5.69 Å². The van der Waals surface area contributed by atoms with Crippen molar-refractivity contribution in [3.05, 3.63) is 30.1 Å². The summed E-state index contributed by atoms with van der Waals surface area (Å²) in [6, 6.07) is 5.88. The SMILES string of the molecule is CN(C(=O)C1(N)C2CCCOC2C1(C)C)c1ccc(F)cc1. The number of amides is 1. The molecule has 1 saturated heterocycles. The lowest BCUT2D eigenvalue weighted by Crippen LogP contribution is -2.82. The molecule has 0 spiro atoms. The first-order valence-electron chi connectivity index (χ1n) is 7.74. The van der Waals surface area contributed by atoms with Crippen molar-refractivity contribution in [2.45, 2.75) is 38.3 Å². The molecule has 2 N–H and O–H groups in total. The Bertz CT molecular complexity index is 587. The second kappa shape index (κ2) is 5.03. The Morgan fingerprint density at radius 3 is 2.64 bits per heavy atom. The van der Waals surface area contributed by atoms with Gasteiger partial charge in [-0.25, -0.2) is 4.39 Å². The van der Waals surface area contributed by atoms with Crippen LogP contribution in [0.1, 0.15) is 26.7 Å². The number of ether oxygens (including phenoxy) is 1. The van der Waals surface area contributed by atoms with E-state index in [0.717, 1.165) is 19.4 Å². The molecule has 1 saturated carbocycles. The van der Waals surface area contributed by atoms with Gasteiger partial charge in [0, 0.05) is 30.7 Å². The maximum Gasteiger partial charge on any atom is 0.247 e. The summed E-state index contributed by atoms with van der Waals surface area (Å²) in [6.07, 6.45) is 1.88. The second-order valence-electron chi connectivity index (χ2n) is 6.97. The Morgan fingerprint density at radius 2 is 2.00 bits per heavy atom. The van der Waals surface area contributed by atoms with Crippen LogP contribution in [0.15, 0.2) is 24.3 Å². The maximum atomic E-state index is 13.1. The molecule has 0 radical (unpaired) electrons. The first kappa shape index (κ1) is 15.4. The van der Waals surface area contributed by atoms with Crippen LogP contribution in [0.25, 0.3) is 0 Å². The number of nitrogens with zero attached hydrogens (tertiary/aromatic N) is 1. The van der Waals surface area contributed by atoms with Gasteiger partial charge in [-0.05, 0) is 37.1 Å². The predicted molar refractivity (Wildman–Crippen MR) is 83.0 cm³/mol. The van der Waals surface area contributed by atoms with E-state index in [2.05, 4.69) is 0 Å². The number of anilines is 1. The minimum absolute atomic E-state index is 0.0387. The molecule has 1 aliphatic heterocycles. The first-order valence-corrected chi connectivity index (χ1v) is 7.74. The number of hydrogen-bond donors (Lipinski definition) is 1. The predicted octanol–water partition coefficient (Wildman–Crippen LogP) is 2.32. The van der Waals surface area contributed by atoms with E-state index in [9.17, 15) is 9.18 Å². The van der Waals surface area contributed by atoms with Crippen LogP contribution < -0.4 is 10.6 Å². The zero-order valence-electron chi connectivity index (χ0n) is 13.3. The van der Waals surface area contributed by atoms with E-state index in [1.165, 1.54) is 17.0 Å². The molecule has 5 heteroatoms. The molecule has 2 aliphatic rings. The van der Waals surface area contributed by atoms with Crippen LogP contribution in [-0.2, 0) is 9.53 Å². The fourth-order valence-electron chi connectivity index (χ4n) is 4.07. The van der Waals surface area contributed by atoms with Crippen molar-refractivity contribution in [2.24, 2.45) is 17.1 Å². The minimum Gasteiger partial charge on any atom is -0.377 e. The van der Waals surface area contributed by atoms with Gasteiger partial charge in [0.1, 0.15) is 11.4 Å². The average molecular weight is 306 g/mol. The van der Waals surface area contributed by atoms with Gasteiger partial charge in [0.05, 0.1) is 6.10 Å². The van der Waals surface area contributed by atoms with Crippen LogP contribution in [0.5, 0.6) is 0 Å². The van der Waals surface area contributed by atoms with Gasteiger partial charge in [-0.15, -0.1) is 0 Å². The summed E-state index contributed by atoms with van der Waals surface area (Å²) >= 11 is 0. The van der Waals surface area contributed by atoms with Crippen molar-refractivity contribution in [3.8, 4) is 0 Å². The van der Waals surface area contributed by atoms with Gasteiger partial charge >= 0.3 is 0 Å². The van der Waals surface area contributed by atoms with Crippen LogP contribution in [0.2, 0.25) is 0 Å². The Kier molecular flexibility index (Phi) is 3.53. The van der Waals surface area contributed by atoms with Crippen molar-refractivity contribution >= 4 is 11.6 Å². The number of likely N-dealkylation sites (N-methyl/N-ethyl adjacent to an activating group) is 1. The summed E-state index contributed by atoms with van der Waals surface area (Å²) in [6.45, 7) is 4.73. The smallest absolute Gasteiger partial charge is 0.247 e. The molecule has 4 nitrogen and oxygen atoms in total. The highest BCUT2D eigenvalue weighted by molar-refractivity contribution is 6.01. The standard InChI is InChI=1S/C17H23FN2O2/c1-16(2)14-13(5-4-10-22-14)17(16,19)15(21)20(3)12-8-6-11(18)7-9-12/h6-9,13-14H,4-5,10,19H2,1-3H3. The van der Waals surface area contributed by atoms with Gasteiger partial charge in [-0.2, -0.15) is 0 Å². The molecule has 2 fully saturated rings. The van der Waals surface area contributed by atoms with Crippen LogP contribution >= 0.6 is 0 Å². The van der Waals surface area contributed by atoms with E-state index in [-0.39, 0.29) is 23.7 Å². The first-order chi connectivity index (χ1) is 10.3. The number of nitrogens with two attached hydrogens (primary N) is 1. The van der Waals surface area contributed by atoms with Gasteiger partial charge in [0.15, 0.2) is 0 Å². The topological polar surface area (TPSA) is 55.6 Å². The molecule has 1 aromatic rings. The number of rotatable bonds is 2. The fourth-order valence-corrected chi connectivity index (χ4v) is 4.07. The van der Waals surface area contributed by atoms with Crippen LogP contribution in [-0.4, -0.2) is 31.2 Å². The monoisotopic (exact) mass is 306 g/mol. The molecular weight excluding hydrogens is 283 g/mol. The van der Waals surface area contributed by atoms with Gasteiger partial charge < -0.3 is 15.4 Å². The second-order valence-corrected chi connectivity index (χ2v) is 6.97. The summed E-state index contributed by atoms with van der Waals surface area (Å²) in [4.78, 5) is 14.6. The van der Waals surface area contributed by atoms with Crippen molar-refractivity contribution in [1.29, 1.82) is 0 Å². The number of benzene rings is 1. The molecule has 0 bridgehead atoms. The van der Waals surface area contributed by atoms with Gasteiger partial charge in [0.2, 0.25) is 5.91 Å². The lowest BCUT2D eigenvalue weighted by molar-refractivity contribution is -0.223. The maximum absolute atomic E-state index is 13.1. The zero-order valence-corrected chi connectivity index (χ0v) is 13.3. The Morgan fingerprint density at radius 1 is 1.36 bits per heavy atom. The molecule has 0 aromatic heterocycles. The fraction of sp³-hybridized carbons (Fsp3) is 0.588. The highest BCUT2D eigenvalue weighted by Crippen LogP contribution is 2.58. The number of carbonyl (C=O) groups is 1. The zero-order chi connectivity index (χ0) is 16.1.